The van der Waals surface area contributed by atoms with Crippen molar-refractivity contribution in [1.82, 2.24) is 0 Å². The molecule has 22 heavy (non-hydrogen) atoms. The van der Waals surface area contributed by atoms with E-state index in [4.69, 9.17) is 9.15 Å². The van der Waals surface area contributed by atoms with Gasteiger partial charge in [-0.05, 0) is 62.1 Å². The first-order valence-electron chi connectivity index (χ1n) is 8.35. The minimum Gasteiger partial charge on any atom is -0.462 e. The second kappa shape index (κ2) is 4.87. The van der Waals surface area contributed by atoms with Gasteiger partial charge in [0.25, 0.3) is 0 Å². The van der Waals surface area contributed by atoms with Crippen molar-refractivity contribution in [2.24, 2.45) is 5.41 Å². The molecule has 2 aromatic rings. The molecule has 116 valence electrons. The molecule has 2 fully saturated rings. The number of fused-ring (bicyclic) bond motifs is 1. The Balaban J connectivity index is 1.74. The Labute approximate surface area is 130 Å². The van der Waals surface area contributed by atoms with Gasteiger partial charge in [-0.1, -0.05) is 18.9 Å². The fraction of sp³-hybridized carbons (Fsp3) is 0.526. The van der Waals surface area contributed by atoms with Gasteiger partial charge in [0.05, 0.1) is 6.61 Å². The molecule has 1 atom stereocenters. The maximum absolute atomic E-state index is 12.2. The van der Waals surface area contributed by atoms with E-state index in [1.54, 1.807) is 0 Å². The zero-order chi connectivity index (χ0) is 15.3. The number of furan rings is 1. The van der Waals surface area contributed by atoms with Gasteiger partial charge in [-0.15, -0.1) is 0 Å². The van der Waals surface area contributed by atoms with Gasteiger partial charge in [-0.3, -0.25) is 0 Å². The van der Waals surface area contributed by atoms with E-state index < -0.39 is 0 Å². The number of esters is 1. The van der Waals surface area contributed by atoms with Gasteiger partial charge in [-0.2, -0.15) is 0 Å². The fourth-order valence-electron chi connectivity index (χ4n) is 4.36. The lowest BCUT2D eigenvalue weighted by molar-refractivity contribution is 0.0526. The first-order chi connectivity index (χ1) is 10.6. The SMILES string of the molecule is CCOC(=O)c1c(C)oc2ccc(C3CC34CCCC4)cc12. The summed E-state index contributed by atoms with van der Waals surface area (Å²) in [5.41, 5.74) is 3.31. The summed E-state index contributed by atoms with van der Waals surface area (Å²) in [7, 11) is 0. The van der Waals surface area contributed by atoms with Crippen LogP contribution >= 0.6 is 0 Å². The minimum absolute atomic E-state index is 0.276. The molecular weight excluding hydrogens is 276 g/mol. The van der Waals surface area contributed by atoms with Crippen molar-refractivity contribution >= 4 is 16.9 Å². The van der Waals surface area contributed by atoms with E-state index in [-0.39, 0.29) is 5.97 Å². The Morgan fingerprint density at radius 2 is 2.14 bits per heavy atom. The Morgan fingerprint density at radius 1 is 1.36 bits per heavy atom. The first-order valence-corrected chi connectivity index (χ1v) is 8.35. The van der Waals surface area contributed by atoms with Crippen molar-refractivity contribution in [3.63, 3.8) is 0 Å². The van der Waals surface area contributed by atoms with Crippen molar-refractivity contribution in [3.8, 4) is 0 Å². The van der Waals surface area contributed by atoms with Crippen LogP contribution < -0.4 is 0 Å². The van der Waals surface area contributed by atoms with Crippen LogP contribution in [0.15, 0.2) is 22.6 Å². The van der Waals surface area contributed by atoms with E-state index in [1.165, 1.54) is 37.7 Å². The molecule has 2 aliphatic carbocycles. The molecule has 4 rings (SSSR count). The predicted molar refractivity (Wildman–Crippen MR) is 85.2 cm³/mol. The largest absolute Gasteiger partial charge is 0.462 e. The first kappa shape index (κ1) is 13.9. The highest BCUT2D eigenvalue weighted by atomic mass is 16.5. The lowest BCUT2D eigenvalue weighted by atomic mass is 9.96. The Morgan fingerprint density at radius 3 is 2.86 bits per heavy atom. The number of carbonyl (C=O) groups is 1. The highest BCUT2D eigenvalue weighted by Crippen LogP contribution is 2.67. The van der Waals surface area contributed by atoms with Crippen molar-refractivity contribution in [3.05, 3.63) is 35.1 Å². The second-order valence-electron chi connectivity index (χ2n) is 6.84. The summed E-state index contributed by atoms with van der Waals surface area (Å²) >= 11 is 0. The number of carbonyl (C=O) groups excluding carboxylic acids is 1. The Hall–Kier alpha value is -1.77. The van der Waals surface area contributed by atoms with E-state index in [0.29, 0.717) is 29.3 Å². The molecule has 1 aromatic carbocycles. The third-order valence-electron chi connectivity index (χ3n) is 5.56. The minimum atomic E-state index is -0.276. The number of aryl methyl sites for hydroxylation is 1. The van der Waals surface area contributed by atoms with Crippen LogP contribution in [-0.4, -0.2) is 12.6 Å². The van der Waals surface area contributed by atoms with Crippen LogP contribution in [0.5, 0.6) is 0 Å². The maximum Gasteiger partial charge on any atom is 0.342 e. The van der Waals surface area contributed by atoms with E-state index >= 15 is 0 Å². The highest BCUT2D eigenvalue weighted by molar-refractivity contribution is 6.04. The summed E-state index contributed by atoms with van der Waals surface area (Å²) in [6, 6.07) is 6.36. The van der Waals surface area contributed by atoms with Gasteiger partial charge in [0.15, 0.2) is 0 Å². The van der Waals surface area contributed by atoms with Crippen LogP contribution in [0.4, 0.5) is 0 Å². The van der Waals surface area contributed by atoms with Crippen LogP contribution in [0.2, 0.25) is 0 Å². The molecule has 2 saturated carbocycles. The Bertz CT molecular complexity index is 734. The molecule has 0 bridgehead atoms. The molecular formula is C19H22O3. The molecule has 1 unspecified atom stereocenters. The summed E-state index contributed by atoms with van der Waals surface area (Å²) in [6.07, 6.45) is 6.79. The molecule has 0 saturated heterocycles. The standard InChI is InChI=1S/C19H22O3/c1-3-21-18(20)17-12(2)22-16-7-6-13(10-14(16)17)15-11-19(15)8-4-5-9-19/h6-7,10,15H,3-5,8-9,11H2,1-2H3. The molecule has 3 nitrogen and oxygen atoms in total. The molecule has 0 aliphatic heterocycles. The lowest BCUT2D eigenvalue weighted by Crippen LogP contribution is -2.05. The summed E-state index contributed by atoms with van der Waals surface area (Å²) < 4.78 is 10.9. The van der Waals surface area contributed by atoms with Crippen molar-refractivity contribution < 1.29 is 13.9 Å². The summed E-state index contributed by atoms with van der Waals surface area (Å²) in [6.45, 7) is 4.05. The average Bonchev–Trinajstić information content (AvgIpc) is 2.83. The molecule has 1 aromatic heterocycles. The predicted octanol–water partition coefficient (Wildman–Crippen LogP) is 4.97. The van der Waals surface area contributed by atoms with Crippen LogP contribution in [0.1, 0.15) is 66.6 Å². The van der Waals surface area contributed by atoms with Crippen LogP contribution in [-0.2, 0) is 4.74 Å². The van der Waals surface area contributed by atoms with Crippen molar-refractivity contribution in [2.45, 2.75) is 51.9 Å². The molecule has 0 radical (unpaired) electrons. The smallest absolute Gasteiger partial charge is 0.342 e. The molecule has 1 heterocycles. The van der Waals surface area contributed by atoms with Gasteiger partial charge in [0, 0.05) is 5.39 Å². The van der Waals surface area contributed by atoms with E-state index in [1.807, 2.05) is 19.9 Å². The summed E-state index contributed by atoms with van der Waals surface area (Å²) in [5.74, 6) is 1.05. The molecule has 2 aliphatic rings. The summed E-state index contributed by atoms with van der Waals surface area (Å²) in [4.78, 5) is 12.2. The van der Waals surface area contributed by atoms with Crippen LogP contribution in [0, 0.1) is 12.3 Å². The third kappa shape index (κ3) is 1.98. The van der Waals surface area contributed by atoms with Crippen LogP contribution in [0.25, 0.3) is 11.0 Å². The number of benzene rings is 1. The molecule has 0 N–H and O–H groups in total. The third-order valence-corrected chi connectivity index (χ3v) is 5.56. The summed E-state index contributed by atoms with van der Waals surface area (Å²) in [5, 5.41) is 0.911. The molecule has 1 spiro atoms. The number of hydrogen-bond acceptors (Lipinski definition) is 3. The van der Waals surface area contributed by atoms with Gasteiger partial charge < -0.3 is 9.15 Å². The monoisotopic (exact) mass is 298 g/mol. The molecule has 0 amide bonds. The lowest BCUT2D eigenvalue weighted by Gasteiger charge is -2.08. The normalized spacial score (nSPS) is 22.4. The van der Waals surface area contributed by atoms with E-state index in [2.05, 4.69) is 12.1 Å². The van der Waals surface area contributed by atoms with Gasteiger partial charge in [0.1, 0.15) is 16.9 Å². The van der Waals surface area contributed by atoms with Gasteiger partial charge >= 0.3 is 5.97 Å². The molecule has 3 heteroatoms. The second-order valence-corrected chi connectivity index (χ2v) is 6.84. The van der Waals surface area contributed by atoms with Crippen LogP contribution in [0.3, 0.4) is 0 Å². The van der Waals surface area contributed by atoms with E-state index in [9.17, 15) is 4.79 Å². The van der Waals surface area contributed by atoms with Crippen molar-refractivity contribution in [2.75, 3.05) is 6.61 Å². The van der Waals surface area contributed by atoms with Gasteiger partial charge in [0.2, 0.25) is 0 Å². The highest BCUT2D eigenvalue weighted by Gasteiger charge is 2.55. The van der Waals surface area contributed by atoms with E-state index in [0.717, 1.165) is 11.0 Å². The quantitative estimate of drug-likeness (QED) is 0.751. The average molecular weight is 298 g/mol. The number of ether oxygens (including phenoxy) is 1. The number of rotatable bonds is 3. The maximum atomic E-state index is 12.2. The van der Waals surface area contributed by atoms with Gasteiger partial charge in [-0.25, -0.2) is 4.79 Å². The fourth-order valence-corrected chi connectivity index (χ4v) is 4.36. The zero-order valence-corrected chi connectivity index (χ0v) is 13.3. The topological polar surface area (TPSA) is 39.4 Å². The Kier molecular flexibility index (Phi) is 3.07. The number of hydrogen-bond donors (Lipinski definition) is 0. The van der Waals surface area contributed by atoms with Crippen molar-refractivity contribution in [1.29, 1.82) is 0 Å². The zero-order valence-electron chi connectivity index (χ0n) is 13.3.